The van der Waals surface area contributed by atoms with E-state index in [1.807, 2.05) is 0 Å². The second-order valence-corrected chi connectivity index (χ2v) is 20.3. The van der Waals surface area contributed by atoms with Crippen molar-refractivity contribution in [2.24, 2.45) is 76.9 Å². The maximum Gasteiger partial charge on any atom is 0.162 e. The van der Waals surface area contributed by atoms with E-state index in [9.17, 15) is 36.9 Å². The molecule has 0 aromatic carbocycles. The quantitative estimate of drug-likeness (QED) is 0.262. The van der Waals surface area contributed by atoms with Crippen molar-refractivity contribution >= 4 is 0 Å². The highest BCUT2D eigenvalue weighted by atomic mass is 19.2. The molecular weight excluding hydrogens is 697 g/mol. The summed E-state index contributed by atoms with van der Waals surface area (Å²) in [5.74, 6) is 1.38. The van der Waals surface area contributed by atoms with E-state index in [0.717, 1.165) is 49.5 Å². The summed E-state index contributed by atoms with van der Waals surface area (Å²) in [7, 11) is 0. The van der Waals surface area contributed by atoms with Crippen LogP contribution >= 0.6 is 0 Å². The van der Waals surface area contributed by atoms with E-state index in [1.165, 1.54) is 44.9 Å². The Balaban J connectivity index is 0.965. The lowest BCUT2D eigenvalue weighted by atomic mass is 9.55. The minimum atomic E-state index is -2.12. The zero-order valence-corrected chi connectivity index (χ0v) is 32.5. The summed E-state index contributed by atoms with van der Waals surface area (Å²) in [5, 5.41) is 21.4. The highest BCUT2D eigenvalue weighted by Crippen LogP contribution is 2.57. The maximum absolute atomic E-state index is 14.7. The summed E-state index contributed by atoms with van der Waals surface area (Å²) in [6.45, 7) is 2.49. The molecule has 8 rings (SSSR count). The number of likely N-dealkylation sites (tertiary alicyclic amines) is 1. The van der Waals surface area contributed by atoms with Crippen LogP contribution in [0.15, 0.2) is 0 Å². The third kappa shape index (κ3) is 7.39. The van der Waals surface area contributed by atoms with Crippen LogP contribution in [0.25, 0.3) is 0 Å². The Labute approximate surface area is 320 Å². The molecule has 0 N–H and O–H groups in total. The van der Waals surface area contributed by atoms with E-state index in [4.69, 9.17) is 0 Å². The molecule has 302 valence electrons. The van der Waals surface area contributed by atoms with E-state index in [0.29, 0.717) is 50.1 Å². The second kappa shape index (κ2) is 16.4. The monoisotopic (exact) mass is 762 g/mol. The van der Waals surface area contributed by atoms with Crippen LogP contribution in [0.2, 0.25) is 0 Å². The van der Waals surface area contributed by atoms with Crippen LogP contribution in [0.3, 0.4) is 0 Å². The van der Waals surface area contributed by atoms with Gasteiger partial charge in [0.2, 0.25) is 0 Å². The van der Waals surface area contributed by atoms with Gasteiger partial charge in [-0.1, -0.05) is 26.2 Å². The minimum Gasteiger partial charge on any atom is -0.294 e. The Morgan fingerprint density at radius 1 is 0.463 bits per heavy atom. The van der Waals surface area contributed by atoms with Gasteiger partial charge in [0.15, 0.2) is 12.3 Å². The van der Waals surface area contributed by atoms with Crippen molar-refractivity contribution < 1.29 is 26.3 Å². The zero-order chi connectivity index (χ0) is 37.8. The van der Waals surface area contributed by atoms with E-state index < -0.39 is 37.0 Å². The van der Waals surface area contributed by atoms with Crippen molar-refractivity contribution in [1.82, 2.24) is 4.90 Å². The van der Waals surface area contributed by atoms with Crippen LogP contribution < -0.4 is 0 Å². The first-order valence-corrected chi connectivity index (χ1v) is 22.5. The normalized spacial score (nSPS) is 54.5. The van der Waals surface area contributed by atoms with Gasteiger partial charge in [0.05, 0.1) is 24.0 Å². The average molecular weight is 762 g/mol. The summed E-state index contributed by atoms with van der Waals surface area (Å²) in [6, 6.07) is 7.37. The summed E-state index contributed by atoms with van der Waals surface area (Å²) < 4.78 is 87.4. The highest BCUT2D eigenvalue weighted by Gasteiger charge is 2.55. The van der Waals surface area contributed by atoms with Gasteiger partial charge in [-0.05, 0) is 174 Å². The first-order chi connectivity index (χ1) is 26.1. The Hall–Kier alpha value is -1.48. The molecule has 54 heavy (non-hydrogen) atoms. The summed E-state index contributed by atoms with van der Waals surface area (Å²) in [6.07, 6.45) is 5.21. The van der Waals surface area contributed by atoms with Crippen molar-refractivity contribution in [3.8, 4) is 12.1 Å². The summed E-state index contributed by atoms with van der Waals surface area (Å²) in [4.78, 5) is 3.03. The van der Waals surface area contributed by atoms with Gasteiger partial charge in [-0.25, -0.2) is 26.3 Å². The first-order valence-electron chi connectivity index (χ1n) is 22.5. The molecular formula is C45H65F6N3. The molecule has 9 heteroatoms. The summed E-state index contributed by atoms with van der Waals surface area (Å²) >= 11 is 0. The summed E-state index contributed by atoms with van der Waals surface area (Å²) in [5.41, 5.74) is 0. The standard InChI is InChI=1S/C45H65F6N3/c1-24-5-4-7-36-35-6-2-3-8-41(35)54(45(24)36)34-11-9-25(10-12-34)42-32(22-52)16-29(17-33(42)23-53)26-13-27(30-18-37(46)43(50)38(47)19-30)15-28(14-26)31-20-39(48)44(51)40(49)21-31/h24-45H,2-21H2,1H3. The van der Waals surface area contributed by atoms with Crippen LogP contribution in [0.1, 0.15) is 135 Å². The Morgan fingerprint density at radius 2 is 0.907 bits per heavy atom. The molecule has 0 bridgehead atoms. The van der Waals surface area contributed by atoms with Gasteiger partial charge in [-0.2, -0.15) is 10.5 Å². The second-order valence-electron chi connectivity index (χ2n) is 20.3. The van der Waals surface area contributed by atoms with Crippen molar-refractivity contribution in [3.05, 3.63) is 0 Å². The SMILES string of the molecule is CC1CCCC2C3CCCCC3N(C3CCC(C4C(C#N)CC(C5CC(C6CC(F)C(F)C(F)C6)CC(C6CC(F)C(F)C(F)C6)C5)CC4C#N)CC3)C12. The molecule has 0 aromatic rings. The zero-order valence-electron chi connectivity index (χ0n) is 32.5. The van der Waals surface area contributed by atoms with Gasteiger partial charge in [0.25, 0.3) is 0 Å². The van der Waals surface area contributed by atoms with Gasteiger partial charge >= 0.3 is 0 Å². The predicted molar refractivity (Wildman–Crippen MR) is 197 cm³/mol. The smallest absolute Gasteiger partial charge is 0.162 e. The Morgan fingerprint density at radius 3 is 1.41 bits per heavy atom. The van der Waals surface area contributed by atoms with E-state index in [2.05, 4.69) is 24.0 Å². The molecule has 1 heterocycles. The van der Waals surface area contributed by atoms with E-state index in [1.54, 1.807) is 0 Å². The van der Waals surface area contributed by atoms with Crippen molar-refractivity contribution in [2.75, 3.05) is 0 Å². The Kier molecular flexibility index (Phi) is 12.0. The van der Waals surface area contributed by atoms with E-state index in [-0.39, 0.29) is 78.9 Å². The molecule has 13 atom stereocenters. The molecule has 13 unspecified atom stereocenters. The minimum absolute atomic E-state index is 0.0218. The third-order valence-corrected chi connectivity index (χ3v) is 17.7. The number of rotatable bonds is 5. The molecule has 7 aliphatic carbocycles. The molecule has 0 spiro atoms. The van der Waals surface area contributed by atoms with Gasteiger partial charge in [0.1, 0.15) is 24.7 Å². The largest absolute Gasteiger partial charge is 0.294 e. The maximum atomic E-state index is 14.7. The lowest BCUT2D eigenvalue weighted by Gasteiger charge is -2.50. The van der Waals surface area contributed by atoms with Gasteiger partial charge in [-0.15, -0.1) is 0 Å². The Bertz CT molecular complexity index is 1280. The lowest BCUT2D eigenvalue weighted by Crippen LogP contribution is -2.51. The van der Waals surface area contributed by atoms with Crippen LogP contribution in [0.5, 0.6) is 0 Å². The molecule has 8 aliphatic rings. The highest BCUT2D eigenvalue weighted by molar-refractivity contribution is 5.10. The lowest BCUT2D eigenvalue weighted by molar-refractivity contribution is -0.0455. The van der Waals surface area contributed by atoms with Crippen LogP contribution in [-0.4, -0.2) is 60.1 Å². The van der Waals surface area contributed by atoms with Crippen LogP contribution in [-0.2, 0) is 0 Å². The third-order valence-electron chi connectivity index (χ3n) is 17.7. The number of fused-ring (bicyclic) bond motifs is 3. The molecule has 0 radical (unpaired) electrons. The van der Waals surface area contributed by atoms with Crippen molar-refractivity contribution in [3.63, 3.8) is 0 Å². The van der Waals surface area contributed by atoms with Crippen LogP contribution in [0, 0.1) is 99.6 Å². The number of alkyl halides is 6. The number of nitrogens with zero attached hydrogens (tertiary/aromatic N) is 3. The fourth-order valence-electron chi connectivity index (χ4n) is 15.3. The van der Waals surface area contributed by atoms with E-state index >= 15 is 0 Å². The first kappa shape index (κ1) is 39.4. The molecule has 0 aromatic heterocycles. The number of hydrogen-bond donors (Lipinski definition) is 0. The molecule has 3 nitrogen and oxygen atoms in total. The van der Waals surface area contributed by atoms with Crippen LogP contribution in [0.4, 0.5) is 26.3 Å². The molecule has 0 amide bonds. The fraction of sp³-hybridized carbons (Fsp3) is 0.956. The van der Waals surface area contributed by atoms with Crippen molar-refractivity contribution in [2.45, 2.75) is 190 Å². The molecule has 1 aliphatic heterocycles. The number of halogens is 6. The van der Waals surface area contributed by atoms with Gasteiger partial charge < -0.3 is 0 Å². The molecule has 7 saturated carbocycles. The van der Waals surface area contributed by atoms with Gasteiger partial charge in [-0.3, -0.25) is 4.90 Å². The molecule has 8 fully saturated rings. The van der Waals surface area contributed by atoms with Gasteiger partial charge in [0, 0.05) is 18.1 Å². The predicted octanol–water partition coefficient (Wildman–Crippen LogP) is 11.4. The number of nitriles is 2. The molecule has 1 saturated heterocycles. The number of hydrogen-bond acceptors (Lipinski definition) is 3. The van der Waals surface area contributed by atoms with Crippen molar-refractivity contribution in [1.29, 1.82) is 10.5 Å². The fourth-order valence-corrected chi connectivity index (χ4v) is 15.3. The average Bonchev–Trinajstić information content (AvgIpc) is 3.53. The topological polar surface area (TPSA) is 50.8 Å².